The summed E-state index contributed by atoms with van der Waals surface area (Å²) in [5.74, 6) is 0.918. The molecule has 1 aliphatic rings. The number of nitrogens with zero attached hydrogens (tertiary/aromatic N) is 1. The normalized spacial score (nSPS) is 16.8. The SMILES string of the molecule is CN(CCCCCN)C(=O)C1Cc2ccccc2O1. The van der Waals surface area contributed by atoms with E-state index in [9.17, 15) is 4.79 Å². The first-order chi connectivity index (χ1) is 9.22. The number of para-hydroxylation sites is 1. The number of rotatable bonds is 6. The molecule has 0 saturated heterocycles. The largest absolute Gasteiger partial charge is 0.480 e. The van der Waals surface area contributed by atoms with Crippen LogP contribution in [0, 0.1) is 0 Å². The highest BCUT2D eigenvalue weighted by molar-refractivity contribution is 5.82. The van der Waals surface area contributed by atoms with Crippen LogP contribution in [0.4, 0.5) is 0 Å². The molecular weight excluding hydrogens is 240 g/mol. The number of fused-ring (bicyclic) bond motifs is 1. The van der Waals surface area contributed by atoms with Crippen molar-refractivity contribution in [1.82, 2.24) is 4.90 Å². The van der Waals surface area contributed by atoms with Gasteiger partial charge < -0.3 is 15.4 Å². The number of hydrogen-bond acceptors (Lipinski definition) is 3. The smallest absolute Gasteiger partial charge is 0.263 e. The summed E-state index contributed by atoms with van der Waals surface area (Å²) in [7, 11) is 1.84. The molecule has 1 amide bonds. The van der Waals surface area contributed by atoms with E-state index >= 15 is 0 Å². The molecule has 0 radical (unpaired) electrons. The molecule has 0 spiro atoms. The summed E-state index contributed by atoms with van der Waals surface area (Å²) in [4.78, 5) is 14.0. The number of amides is 1. The van der Waals surface area contributed by atoms with E-state index in [-0.39, 0.29) is 12.0 Å². The van der Waals surface area contributed by atoms with Crippen molar-refractivity contribution in [3.05, 3.63) is 29.8 Å². The van der Waals surface area contributed by atoms with Crippen LogP contribution in [-0.2, 0) is 11.2 Å². The Morgan fingerprint density at radius 1 is 1.37 bits per heavy atom. The summed E-state index contributed by atoms with van der Waals surface area (Å²) < 4.78 is 5.71. The van der Waals surface area contributed by atoms with E-state index in [4.69, 9.17) is 10.5 Å². The Labute approximate surface area is 114 Å². The van der Waals surface area contributed by atoms with E-state index < -0.39 is 0 Å². The number of hydrogen-bond donors (Lipinski definition) is 1. The summed E-state index contributed by atoms with van der Waals surface area (Å²) in [6.07, 6.45) is 3.42. The summed E-state index contributed by atoms with van der Waals surface area (Å²) in [6, 6.07) is 7.85. The minimum Gasteiger partial charge on any atom is -0.480 e. The fourth-order valence-electron chi connectivity index (χ4n) is 2.35. The quantitative estimate of drug-likeness (QED) is 0.792. The maximum Gasteiger partial charge on any atom is 0.263 e. The molecule has 0 saturated carbocycles. The standard InChI is InChI=1S/C15H22N2O2/c1-17(10-6-2-5-9-16)15(18)14-11-12-7-3-4-8-13(12)19-14/h3-4,7-8,14H,2,5-6,9-11,16H2,1H3. The summed E-state index contributed by atoms with van der Waals surface area (Å²) in [5, 5.41) is 0. The average Bonchev–Trinajstić information content (AvgIpc) is 2.86. The Kier molecular flexibility index (Phi) is 4.80. The first-order valence-corrected chi connectivity index (χ1v) is 6.92. The molecule has 19 heavy (non-hydrogen) atoms. The number of ether oxygens (including phenoxy) is 1. The molecule has 1 aliphatic heterocycles. The monoisotopic (exact) mass is 262 g/mol. The second-order valence-corrected chi connectivity index (χ2v) is 5.03. The van der Waals surface area contributed by atoms with Gasteiger partial charge in [-0.3, -0.25) is 4.79 Å². The fraction of sp³-hybridized carbons (Fsp3) is 0.533. The van der Waals surface area contributed by atoms with Crippen molar-refractivity contribution in [2.45, 2.75) is 31.8 Å². The van der Waals surface area contributed by atoms with E-state index in [0.717, 1.165) is 43.7 Å². The van der Waals surface area contributed by atoms with Crippen molar-refractivity contribution in [3.8, 4) is 5.75 Å². The maximum absolute atomic E-state index is 12.3. The van der Waals surface area contributed by atoms with Crippen LogP contribution in [0.3, 0.4) is 0 Å². The first-order valence-electron chi connectivity index (χ1n) is 6.92. The van der Waals surface area contributed by atoms with Crippen molar-refractivity contribution < 1.29 is 9.53 Å². The molecule has 0 fully saturated rings. The summed E-state index contributed by atoms with van der Waals surface area (Å²) >= 11 is 0. The molecule has 4 nitrogen and oxygen atoms in total. The van der Waals surface area contributed by atoms with Gasteiger partial charge in [0.1, 0.15) is 5.75 Å². The predicted molar refractivity (Wildman–Crippen MR) is 75.1 cm³/mol. The maximum atomic E-state index is 12.3. The van der Waals surface area contributed by atoms with E-state index in [1.165, 1.54) is 0 Å². The second-order valence-electron chi connectivity index (χ2n) is 5.03. The molecule has 1 heterocycles. The van der Waals surface area contributed by atoms with E-state index in [1.54, 1.807) is 4.90 Å². The van der Waals surface area contributed by atoms with Gasteiger partial charge in [-0.2, -0.15) is 0 Å². The second kappa shape index (κ2) is 6.57. The highest BCUT2D eigenvalue weighted by Crippen LogP contribution is 2.28. The van der Waals surface area contributed by atoms with Gasteiger partial charge in [-0.05, 0) is 31.0 Å². The minimum atomic E-state index is -0.350. The zero-order chi connectivity index (χ0) is 13.7. The van der Waals surface area contributed by atoms with Crippen LogP contribution >= 0.6 is 0 Å². The van der Waals surface area contributed by atoms with Gasteiger partial charge in [0.15, 0.2) is 6.10 Å². The van der Waals surface area contributed by atoms with Crippen molar-refractivity contribution in [1.29, 1.82) is 0 Å². The molecule has 104 valence electrons. The zero-order valence-corrected chi connectivity index (χ0v) is 11.5. The number of unbranched alkanes of at least 4 members (excludes halogenated alkanes) is 2. The van der Waals surface area contributed by atoms with E-state index in [2.05, 4.69) is 0 Å². The molecule has 1 aromatic carbocycles. The average molecular weight is 262 g/mol. The van der Waals surface area contributed by atoms with Gasteiger partial charge in [0.2, 0.25) is 0 Å². The van der Waals surface area contributed by atoms with Crippen molar-refractivity contribution in [2.75, 3.05) is 20.1 Å². The Bertz CT molecular complexity index is 409. The molecule has 1 aromatic rings. The van der Waals surface area contributed by atoms with Crippen LogP contribution in [0.25, 0.3) is 0 Å². The topological polar surface area (TPSA) is 55.6 Å². The van der Waals surface area contributed by atoms with Crippen molar-refractivity contribution in [3.63, 3.8) is 0 Å². The predicted octanol–water partition coefficient (Wildman–Crippen LogP) is 1.58. The van der Waals surface area contributed by atoms with Gasteiger partial charge in [-0.25, -0.2) is 0 Å². The number of benzene rings is 1. The van der Waals surface area contributed by atoms with Crippen LogP contribution in [0.1, 0.15) is 24.8 Å². The van der Waals surface area contributed by atoms with Crippen LogP contribution in [0.5, 0.6) is 5.75 Å². The Morgan fingerprint density at radius 3 is 2.89 bits per heavy atom. The first kappa shape index (κ1) is 13.9. The lowest BCUT2D eigenvalue weighted by molar-refractivity contribution is -0.136. The Balaban J connectivity index is 1.81. The lowest BCUT2D eigenvalue weighted by atomic mass is 10.1. The molecule has 1 unspecified atom stereocenters. The van der Waals surface area contributed by atoms with Crippen LogP contribution in [-0.4, -0.2) is 37.0 Å². The lowest BCUT2D eigenvalue weighted by Crippen LogP contribution is -2.39. The minimum absolute atomic E-state index is 0.0731. The van der Waals surface area contributed by atoms with Gasteiger partial charge in [0.25, 0.3) is 5.91 Å². The number of carbonyl (C=O) groups is 1. The summed E-state index contributed by atoms with van der Waals surface area (Å²) in [5.41, 5.74) is 6.58. The highest BCUT2D eigenvalue weighted by Gasteiger charge is 2.30. The fourth-order valence-corrected chi connectivity index (χ4v) is 2.35. The zero-order valence-electron chi connectivity index (χ0n) is 11.5. The third kappa shape index (κ3) is 3.47. The van der Waals surface area contributed by atoms with Crippen molar-refractivity contribution >= 4 is 5.91 Å². The molecule has 0 aromatic heterocycles. The molecule has 0 aliphatic carbocycles. The van der Waals surface area contributed by atoms with Gasteiger partial charge in [-0.15, -0.1) is 0 Å². The summed E-state index contributed by atoms with van der Waals surface area (Å²) in [6.45, 7) is 1.49. The Hall–Kier alpha value is -1.55. The number of likely N-dealkylation sites (N-methyl/N-ethyl adjacent to an activating group) is 1. The lowest BCUT2D eigenvalue weighted by Gasteiger charge is -2.20. The van der Waals surface area contributed by atoms with Crippen LogP contribution in [0.2, 0.25) is 0 Å². The molecule has 2 N–H and O–H groups in total. The van der Waals surface area contributed by atoms with Crippen LogP contribution < -0.4 is 10.5 Å². The third-order valence-electron chi connectivity index (χ3n) is 3.50. The third-order valence-corrected chi connectivity index (χ3v) is 3.50. The molecule has 4 heteroatoms. The van der Waals surface area contributed by atoms with Gasteiger partial charge in [-0.1, -0.05) is 24.6 Å². The molecule has 1 atom stereocenters. The van der Waals surface area contributed by atoms with E-state index in [0.29, 0.717) is 6.42 Å². The number of nitrogens with two attached hydrogens (primary N) is 1. The Morgan fingerprint density at radius 2 is 2.16 bits per heavy atom. The molecule has 0 bridgehead atoms. The molecule has 2 rings (SSSR count). The van der Waals surface area contributed by atoms with Crippen molar-refractivity contribution in [2.24, 2.45) is 5.73 Å². The highest BCUT2D eigenvalue weighted by atomic mass is 16.5. The number of carbonyl (C=O) groups excluding carboxylic acids is 1. The van der Waals surface area contributed by atoms with Gasteiger partial charge in [0, 0.05) is 20.0 Å². The van der Waals surface area contributed by atoms with Gasteiger partial charge >= 0.3 is 0 Å². The van der Waals surface area contributed by atoms with E-state index in [1.807, 2.05) is 31.3 Å². The van der Waals surface area contributed by atoms with Gasteiger partial charge in [0.05, 0.1) is 0 Å². The molecular formula is C15H22N2O2. The van der Waals surface area contributed by atoms with Crippen LogP contribution in [0.15, 0.2) is 24.3 Å².